The molecular weight excluding hydrogens is 334 g/mol. The zero-order valence-corrected chi connectivity index (χ0v) is 15.3. The van der Waals surface area contributed by atoms with E-state index in [1.165, 1.54) is 0 Å². The second kappa shape index (κ2) is 9.00. The largest absolute Gasteiger partial charge is 0.492 e. The van der Waals surface area contributed by atoms with Crippen molar-refractivity contribution in [1.82, 2.24) is 15.1 Å². The van der Waals surface area contributed by atoms with E-state index in [0.717, 1.165) is 38.6 Å². The van der Waals surface area contributed by atoms with Crippen LogP contribution in [0.3, 0.4) is 0 Å². The van der Waals surface area contributed by atoms with Gasteiger partial charge in [0.2, 0.25) is 5.91 Å². The minimum atomic E-state index is -0.388. The molecule has 3 rings (SSSR count). The summed E-state index contributed by atoms with van der Waals surface area (Å²) in [7, 11) is 0. The monoisotopic (exact) mass is 361 g/mol. The number of rotatable bonds is 6. The minimum Gasteiger partial charge on any atom is -0.492 e. The third-order valence-corrected chi connectivity index (χ3v) is 4.86. The fourth-order valence-electron chi connectivity index (χ4n) is 3.34. The van der Waals surface area contributed by atoms with Crippen LogP contribution >= 0.6 is 0 Å². The van der Waals surface area contributed by atoms with Gasteiger partial charge in [-0.25, -0.2) is 0 Å². The van der Waals surface area contributed by atoms with Crippen LogP contribution in [0.1, 0.15) is 23.7 Å². The normalized spacial score (nSPS) is 21.3. The van der Waals surface area contributed by atoms with Crippen LogP contribution in [0.15, 0.2) is 24.3 Å². The third kappa shape index (κ3) is 4.53. The van der Waals surface area contributed by atoms with Gasteiger partial charge in [0.1, 0.15) is 18.4 Å². The molecule has 1 aromatic carbocycles. The van der Waals surface area contributed by atoms with Crippen molar-refractivity contribution in [3.8, 4) is 5.75 Å². The lowest BCUT2D eigenvalue weighted by atomic mass is 10.1. The molecule has 0 saturated carbocycles. The van der Waals surface area contributed by atoms with E-state index in [1.807, 2.05) is 19.1 Å². The number of benzene rings is 1. The van der Waals surface area contributed by atoms with Crippen LogP contribution < -0.4 is 10.1 Å². The molecule has 2 heterocycles. The minimum absolute atomic E-state index is 0.0739. The molecule has 2 aliphatic rings. The number of carbonyl (C=O) groups excluding carboxylic acids is 2. The molecule has 0 radical (unpaired) electrons. The molecule has 26 heavy (non-hydrogen) atoms. The van der Waals surface area contributed by atoms with E-state index < -0.39 is 0 Å². The third-order valence-electron chi connectivity index (χ3n) is 4.86. The summed E-state index contributed by atoms with van der Waals surface area (Å²) in [5.41, 5.74) is 0.582. The van der Waals surface area contributed by atoms with Crippen LogP contribution in [0.4, 0.5) is 0 Å². The summed E-state index contributed by atoms with van der Waals surface area (Å²) in [4.78, 5) is 28.6. The van der Waals surface area contributed by atoms with Gasteiger partial charge >= 0.3 is 0 Å². The predicted octanol–water partition coefficient (Wildman–Crippen LogP) is 0.748. The first-order valence-corrected chi connectivity index (χ1v) is 9.30. The van der Waals surface area contributed by atoms with E-state index in [2.05, 4.69) is 10.2 Å². The van der Waals surface area contributed by atoms with Crippen LogP contribution in [-0.2, 0) is 9.53 Å². The summed E-state index contributed by atoms with van der Waals surface area (Å²) in [6.45, 7) is 7.89. The Bertz CT molecular complexity index is 614. The average molecular weight is 361 g/mol. The SMILES string of the molecule is CCC1C(=O)NCCN1C(=O)c1ccc(OCCN2CCOCC2)cc1. The fraction of sp³-hybridized carbons (Fsp3) is 0.579. The number of morpholine rings is 1. The van der Waals surface area contributed by atoms with E-state index in [9.17, 15) is 9.59 Å². The topological polar surface area (TPSA) is 71.1 Å². The van der Waals surface area contributed by atoms with Crippen molar-refractivity contribution in [2.75, 3.05) is 52.5 Å². The number of piperazine rings is 1. The van der Waals surface area contributed by atoms with Gasteiger partial charge in [-0.05, 0) is 30.7 Å². The summed E-state index contributed by atoms with van der Waals surface area (Å²) in [6, 6.07) is 6.78. The molecule has 1 atom stereocenters. The molecule has 1 N–H and O–H groups in total. The van der Waals surface area contributed by atoms with Gasteiger partial charge in [0, 0.05) is 38.3 Å². The smallest absolute Gasteiger partial charge is 0.254 e. The highest BCUT2D eigenvalue weighted by molar-refractivity contribution is 5.98. The summed E-state index contributed by atoms with van der Waals surface area (Å²) in [5.74, 6) is 0.569. The van der Waals surface area contributed by atoms with Gasteiger partial charge < -0.3 is 19.7 Å². The second-order valence-corrected chi connectivity index (χ2v) is 6.54. The van der Waals surface area contributed by atoms with Crippen molar-refractivity contribution in [3.05, 3.63) is 29.8 Å². The average Bonchev–Trinajstić information content (AvgIpc) is 2.68. The summed E-state index contributed by atoms with van der Waals surface area (Å²) >= 11 is 0. The zero-order valence-electron chi connectivity index (χ0n) is 15.3. The number of hydrogen-bond donors (Lipinski definition) is 1. The van der Waals surface area contributed by atoms with Crippen LogP contribution in [0, 0.1) is 0 Å². The number of carbonyl (C=O) groups is 2. The standard InChI is InChI=1S/C19H27N3O4/c1-2-17-18(23)20-7-8-22(17)19(24)15-3-5-16(6-4-15)26-14-11-21-9-12-25-13-10-21/h3-6,17H,2,7-14H2,1H3,(H,20,23). The van der Waals surface area contributed by atoms with Crippen LogP contribution in [0.2, 0.25) is 0 Å². The molecule has 1 aromatic rings. The molecule has 142 valence electrons. The van der Waals surface area contributed by atoms with Gasteiger partial charge in [0.15, 0.2) is 0 Å². The van der Waals surface area contributed by atoms with Crippen molar-refractivity contribution >= 4 is 11.8 Å². The van der Waals surface area contributed by atoms with Crippen molar-refractivity contribution in [1.29, 1.82) is 0 Å². The Morgan fingerprint density at radius 3 is 2.65 bits per heavy atom. The summed E-state index contributed by atoms with van der Waals surface area (Å²) in [6.07, 6.45) is 0.611. The van der Waals surface area contributed by atoms with E-state index in [0.29, 0.717) is 31.7 Å². The predicted molar refractivity (Wildman–Crippen MR) is 97.3 cm³/mol. The number of amides is 2. The van der Waals surface area contributed by atoms with Crippen molar-refractivity contribution in [2.24, 2.45) is 0 Å². The summed E-state index contributed by atoms with van der Waals surface area (Å²) in [5, 5.41) is 2.81. The molecule has 1 unspecified atom stereocenters. The maximum absolute atomic E-state index is 12.7. The first kappa shape index (κ1) is 18.7. The highest BCUT2D eigenvalue weighted by atomic mass is 16.5. The maximum atomic E-state index is 12.7. The Balaban J connectivity index is 1.53. The Kier molecular flexibility index (Phi) is 6.46. The molecule has 2 aliphatic heterocycles. The van der Waals surface area contributed by atoms with Gasteiger partial charge in [-0.15, -0.1) is 0 Å². The van der Waals surface area contributed by atoms with Gasteiger partial charge in [-0.2, -0.15) is 0 Å². The van der Waals surface area contributed by atoms with Crippen LogP contribution in [0.5, 0.6) is 5.75 Å². The van der Waals surface area contributed by atoms with E-state index in [1.54, 1.807) is 17.0 Å². The van der Waals surface area contributed by atoms with Crippen LogP contribution in [-0.4, -0.2) is 80.2 Å². The molecule has 2 fully saturated rings. The first-order valence-electron chi connectivity index (χ1n) is 9.30. The van der Waals surface area contributed by atoms with Gasteiger partial charge in [-0.3, -0.25) is 14.5 Å². The number of nitrogens with zero attached hydrogens (tertiary/aromatic N) is 2. The van der Waals surface area contributed by atoms with Gasteiger partial charge in [0.05, 0.1) is 13.2 Å². The molecule has 0 spiro atoms. The Labute approximate surface area is 154 Å². The molecule has 2 saturated heterocycles. The van der Waals surface area contributed by atoms with Crippen LogP contribution in [0.25, 0.3) is 0 Å². The molecule has 7 nitrogen and oxygen atoms in total. The molecule has 7 heteroatoms. The molecule has 0 aromatic heterocycles. The van der Waals surface area contributed by atoms with Crippen molar-refractivity contribution in [3.63, 3.8) is 0 Å². The summed E-state index contributed by atoms with van der Waals surface area (Å²) < 4.78 is 11.1. The van der Waals surface area contributed by atoms with Crippen molar-refractivity contribution < 1.29 is 19.1 Å². The first-order chi connectivity index (χ1) is 12.7. The number of ether oxygens (including phenoxy) is 2. The highest BCUT2D eigenvalue weighted by Gasteiger charge is 2.31. The lowest BCUT2D eigenvalue weighted by Crippen LogP contribution is -2.56. The maximum Gasteiger partial charge on any atom is 0.254 e. The zero-order chi connectivity index (χ0) is 18.4. The van der Waals surface area contributed by atoms with E-state index in [4.69, 9.17) is 9.47 Å². The second-order valence-electron chi connectivity index (χ2n) is 6.54. The number of hydrogen-bond acceptors (Lipinski definition) is 5. The highest BCUT2D eigenvalue weighted by Crippen LogP contribution is 2.17. The molecule has 0 bridgehead atoms. The Morgan fingerprint density at radius 1 is 1.23 bits per heavy atom. The van der Waals surface area contributed by atoms with Gasteiger partial charge in [0.25, 0.3) is 5.91 Å². The Morgan fingerprint density at radius 2 is 1.96 bits per heavy atom. The van der Waals surface area contributed by atoms with E-state index in [-0.39, 0.29) is 17.9 Å². The lowest BCUT2D eigenvalue weighted by Gasteiger charge is -2.34. The van der Waals surface area contributed by atoms with Gasteiger partial charge in [-0.1, -0.05) is 6.92 Å². The molecular formula is C19H27N3O4. The quantitative estimate of drug-likeness (QED) is 0.810. The van der Waals surface area contributed by atoms with E-state index >= 15 is 0 Å². The lowest BCUT2D eigenvalue weighted by molar-refractivity contribution is -0.127. The number of nitrogens with one attached hydrogen (secondary N) is 1. The molecule has 2 amide bonds. The van der Waals surface area contributed by atoms with Crippen molar-refractivity contribution in [2.45, 2.75) is 19.4 Å². The molecule has 0 aliphatic carbocycles. The Hall–Kier alpha value is -2.12. The fourth-order valence-corrected chi connectivity index (χ4v) is 3.34.